The molecule has 1 aromatic heterocycles. The van der Waals surface area contributed by atoms with Gasteiger partial charge in [0, 0.05) is 5.39 Å². The third-order valence-corrected chi connectivity index (χ3v) is 3.85. The van der Waals surface area contributed by atoms with E-state index in [0.717, 1.165) is 0 Å². The minimum atomic E-state index is -0.870. The molecule has 0 aliphatic heterocycles. The van der Waals surface area contributed by atoms with Crippen molar-refractivity contribution in [1.82, 2.24) is 0 Å². The summed E-state index contributed by atoms with van der Waals surface area (Å²) in [7, 11) is 1.22. The zero-order chi connectivity index (χ0) is 18.0. The molecule has 25 heavy (non-hydrogen) atoms. The molecule has 0 amide bonds. The number of hydrogen-bond acceptors (Lipinski definition) is 6. The van der Waals surface area contributed by atoms with Crippen LogP contribution < -0.4 is 5.63 Å². The summed E-state index contributed by atoms with van der Waals surface area (Å²) < 4.78 is 9.90. The minimum Gasteiger partial charge on any atom is -0.507 e. The molecular weight excluding hydrogens is 324 g/mol. The molecule has 0 bridgehead atoms. The highest BCUT2D eigenvalue weighted by atomic mass is 16.5. The number of hydrogen-bond donors (Lipinski definition) is 1. The van der Waals surface area contributed by atoms with Crippen LogP contribution in [-0.4, -0.2) is 24.0 Å². The Hall–Kier alpha value is -3.41. The van der Waals surface area contributed by atoms with Gasteiger partial charge in [0.1, 0.15) is 16.9 Å². The minimum absolute atomic E-state index is 0.0452. The van der Waals surface area contributed by atoms with Crippen molar-refractivity contribution in [2.75, 3.05) is 7.11 Å². The average molecular weight is 338 g/mol. The summed E-state index contributed by atoms with van der Waals surface area (Å²) in [6, 6.07) is 12.5. The van der Waals surface area contributed by atoms with E-state index in [2.05, 4.69) is 4.74 Å². The van der Waals surface area contributed by atoms with Crippen LogP contribution in [0.5, 0.6) is 5.75 Å². The number of fused-ring (bicyclic) bond motifs is 1. The molecule has 0 saturated carbocycles. The summed E-state index contributed by atoms with van der Waals surface area (Å²) in [5.74, 6) is -1.57. The van der Waals surface area contributed by atoms with Crippen molar-refractivity contribution in [3.05, 3.63) is 75.6 Å². The number of ether oxygens (including phenoxy) is 1. The maximum atomic E-state index is 12.9. The molecule has 0 aliphatic rings. The summed E-state index contributed by atoms with van der Waals surface area (Å²) in [4.78, 5) is 37.1. The van der Waals surface area contributed by atoms with Crippen LogP contribution in [0.4, 0.5) is 0 Å². The Morgan fingerprint density at radius 3 is 2.48 bits per heavy atom. The highest BCUT2D eigenvalue weighted by Gasteiger charge is 2.25. The predicted octanol–water partition coefficient (Wildman–Crippen LogP) is 2.45. The number of benzene rings is 2. The van der Waals surface area contributed by atoms with Gasteiger partial charge in [-0.25, -0.2) is 4.79 Å². The Bertz CT molecular complexity index is 1030. The fourth-order valence-corrected chi connectivity index (χ4v) is 2.64. The molecule has 126 valence electrons. The van der Waals surface area contributed by atoms with Gasteiger partial charge in [0.25, 0.3) is 0 Å². The molecule has 0 atom stereocenters. The third-order valence-electron chi connectivity index (χ3n) is 3.85. The molecule has 3 aromatic rings. The molecule has 3 rings (SSSR count). The molecule has 0 radical (unpaired) electrons. The van der Waals surface area contributed by atoms with E-state index in [1.54, 1.807) is 36.4 Å². The fraction of sp³-hybridized carbons (Fsp3) is 0.105. The SMILES string of the molecule is COC(=O)Cc1c(C(=O)c2ccccc2O)c(=O)oc2ccccc12. The topological polar surface area (TPSA) is 93.8 Å². The summed E-state index contributed by atoms with van der Waals surface area (Å²) in [5.41, 5.74) is -0.722. The lowest BCUT2D eigenvalue weighted by molar-refractivity contribution is -0.139. The summed E-state index contributed by atoms with van der Waals surface area (Å²) in [6.07, 6.45) is -0.267. The van der Waals surface area contributed by atoms with E-state index >= 15 is 0 Å². The van der Waals surface area contributed by atoms with Crippen LogP contribution in [0, 0.1) is 0 Å². The average Bonchev–Trinajstić information content (AvgIpc) is 2.61. The van der Waals surface area contributed by atoms with Gasteiger partial charge in [-0.1, -0.05) is 30.3 Å². The van der Waals surface area contributed by atoms with Gasteiger partial charge in [0.2, 0.25) is 5.78 Å². The number of carbonyl (C=O) groups is 2. The Labute approximate surface area is 142 Å². The molecular formula is C19H14O6. The van der Waals surface area contributed by atoms with E-state index in [1.165, 1.54) is 19.2 Å². The number of methoxy groups -OCH3 is 1. The Morgan fingerprint density at radius 2 is 1.76 bits per heavy atom. The van der Waals surface area contributed by atoms with E-state index in [1.807, 2.05) is 0 Å². The molecule has 6 nitrogen and oxygen atoms in total. The first-order valence-electron chi connectivity index (χ1n) is 7.47. The standard InChI is InChI=1S/C19H14O6/c1-24-16(21)10-13-11-6-3-5-9-15(11)25-19(23)17(13)18(22)12-7-2-4-8-14(12)20/h2-9,20H,10H2,1H3. The van der Waals surface area contributed by atoms with Crippen LogP contribution in [0.25, 0.3) is 11.0 Å². The van der Waals surface area contributed by atoms with Crippen molar-refractivity contribution >= 4 is 22.7 Å². The van der Waals surface area contributed by atoms with Gasteiger partial charge >= 0.3 is 11.6 Å². The van der Waals surface area contributed by atoms with Crippen LogP contribution in [0.3, 0.4) is 0 Å². The van der Waals surface area contributed by atoms with Crippen LogP contribution in [0.2, 0.25) is 0 Å². The second-order valence-corrected chi connectivity index (χ2v) is 5.34. The fourth-order valence-electron chi connectivity index (χ4n) is 2.64. The monoisotopic (exact) mass is 338 g/mol. The van der Waals surface area contributed by atoms with E-state index < -0.39 is 17.4 Å². The lowest BCUT2D eigenvalue weighted by Crippen LogP contribution is -2.21. The van der Waals surface area contributed by atoms with Crippen molar-refractivity contribution in [2.24, 2.45) is 0 Å². The number of rotatable bonds is 4. The lowest BCUT2D eigenvalue weighted by Gasteiger charge is -2.10. The summed E-state index contributed by atoms with van der Waals surface area (Å²) >= 11 is 0. The summed E-state index contributed by atoms with van der Waals surface area (Å²) in [5, 5.41) is 10.4. The third kappa shape index (κ3) is 3.01. The van der Waals surface area contributed by atoms with Gasteiger partial charge in [0.05, 0.1) is 19.1 Å². The number of ketones is 1. The quantitative estimate of drug-likeness (QED) is 0.446. The number of para-hydroxylation sites is 2. The number of esters is 1. The van der Waals surface area contributed by atoms with Gasteiger partial charge in [-0.15, -0.1) is 0 Å². The number of phenols is 1. The second kappa shape index (κ2) is 6.60. The Balaban J connectivity index is 2.30. The molecule has 0 saturated heterocycles. The van der Waals surface area contributed by atoms with Gasteiger partial charge < -0.3 is 14.3 Å². The van der Waals surface area contributed by atoms with Gasteiger partial charge in [-0.3, -0.25) is 9.59 Å². The number of carbonyl (C=O) groups excluding carboxylic acids is 2. The van der Waals surface area contributed by atoms with Crippen molar-refractivity contribution in [2.45, 2.75) is 6.42 Å². The normalized spacial score (nSPS) is 10.6. The lowest BCUT2D eigenvalue weighted by atomic mass is 9.95. The smallest absolute Gasteiger partial charge is 0.347 e. The van der Waals surface area contributed by atoms with E-state index in [9.17, 15) is 19.5 Å². The molecule has 6 heteroatoms. The molecule has 0 fully saturated rings. The maximum Gasteiger partial charge on any atom is 0.347 e. The zero-order valence-electron chi connectivity index (χ0n) is 13.3. The number of phenolic OH excluding ortho intramolecular Hbond substituents is 1. The van der Waals surface area contributed by atoms with E-state index in [4.69, 9.17) is 4.42 Å². The van der Waals surface area contributed by atoms with Gasteiger partial charge in [0.15, 0.2) is 0 Å². The molecule has 2 aromatic carbocycles. The molecule has 1 heterocycles. The van der Waals surface area contributed by atoms with E-state index in [0.29, 0.717) is 5.39 Å². The van der Waals surface area contributed by atoms with Crippen LogP contribution in [0.1, 0.15) is 21.5 Å². The highest BCUT2D eigenvalue weighted by Crippen LogP contribution is 2.25. The van der Waals surface area contributed by atoms with Crippen molar-refractivity contribution in [3.63, 3.8) is 0 Å². The first-order chi connectivity index (χ1) is 12.0. The van der Waals surface area contributed by atoms with Crippen LogP contribution in [-0.2, 0) is 16.0 Å². The zero-order valence-corrected chi connectivity index (χ0v) is 13.3. The molecule has 1 N–H and O–H groups in total. The number of aromatic hydroxyl groups is 1. The van der Waals surface area contributed by atoms with Crippen LogP contribution >= 0.6 is 0 Å². The predicted molar refractivity (Wildman–Crippen MR) is 89.7 cm³/mol. The first kappa shape index (κ1) is 16.4. The van der Waals surface area contributed by atoms with Crippen LogP contribution in [0.15, 0.2) is 57.7 Å². The first-order valence-corrected chi connectivity index (χ1v) is 7.47. The van der Waals surface area contributed by atoms with E-state index in [-0.39, 0.29) is 34.4 Å². The highest BCUT2D eigenvalue weighted by molar-refractivity contribution is 6.13. The van der Waals surface area contributed by atoms with Crippen molar-refractivity contribution in [1.29, 1.82) is 0 Å². The largest absolute Gasteiger partial charge is 0.507 e. The maximum absolute atomic E-state index is 12.9. The Kier molecular flexibility index (Phi) is 4.35. The van der Waals surface area contributed by atoms with Gasteiger partial charge in [-0.05, 0) is 23.8 Å². The molecule has 0 spiro atoms. The van der Waals surface area contributed by atoms with Crippen molar-refractivity contribution in [3.8, 4) is 5.75 Å². The Morgan fingerprint density at radius 1 is 1.08 bits per heavy atom. The van der Waals surface area contributed by atoms with Gasteiger partial charge in [-0.2, -0.15) is 0 Å². The second-order valence-electron chi connectivity index (χ2n) is 5.34. The molecule has 0 unspecified atom stereocenters. The molecule has 0 aliphatic carbocycles. The summed E-state index contributed by atoms with van der Waals surface area (Å²) in [6.45, 7) is 0. The van der Waals surface area contributed by atoms with Crippen molar-refractivity contribution < 1.29 is 23.8 Å².